The van der Waals surface area contributed by atoms with Crippen LogP contribution in [-0.4, -0.2) is 39.9 Å². The van der Waals surface area contributed by atoms with Gasteiger partial charge in [0.05, 0.1) is 6.54 Å². The summed E-state index contributed by atoms with van der Waals surface area (Å²) < 4.78 is 2.04. The number of rotatable bonds is 7. The SMILES string of the molecule is CCNC(=NCCCCC1CCCC1)NC1CCc2nc(C)nn2C1.I. The minimum Gasteiger partial charge on any atom is -0.357 e. The lowest BCUT2D eigenvalue weighted by molar-refractivity contribution is 0.392. The monoisotopic (exact) mass is 474 g/mol. The maximum absolute atomic E-state index is 4.78. The predicted octanol–water partition coefficient (Wildman–Crippen LogP) is 3.43. The number of aromatic nitrogens is 3. The fourth-order valence-electron chi connectivity index (χ4n) is 4.10. The van der Waals surface area contributed by atoms with Crippen LogP contribution in [0.25, 0.3) is 0 Å². The molecular formula is C19H35IN6. The van der Waals surface area contributed by atoms with E-state index in [1.165, 1.54) is 44.9 Å². The topological polar surface area (TPSA) is 67.1 Å². The van der Waals surface area contributed by atoms with Gasteiger partial charge in [-0.1, -0.05) is 38.5 Å². The average Bonchev–Trinajstić information content (AvgIpc) is 3.22. The molecule has 0 amide bonds. The summed E-state index contributed by atoms with van der Waals surface area (Å²) in [5.74, 6) is 3.94. The van der Waals surface area contributed by atoms with Crippen molar-refractivity contribution in [3.63, 3.8) is 0 Å². The summed E-state index contributed by atoms with van der Waals surface area (Å²) in [5, 5.41) is 11.5. The maximum Gasteiger partial charge on any atom is 0.191 e. The van der Waals surface area contributed by atoms with Gasteiger partial charge in [-0.2, -0.15) is 5.10 Å². The summed E-state index contributed by atoms with van der Waals surface area (Å²) in [4.78, 5) is 9.26. The quantitative estimate of drug-likeness (QED) is 0.275. The smallest absolute Gasteiger partial charge is 0.191 e. The van der Waals surface area contributed by atoms with E-state index >= 15 is 0 Å². The van der Waals surface area contributed by atoms with Gasteiger partial charge in [0, 0.05) is 25.6 Å². The number of hydrogen-bond donors (Lipinski definition) is 2. The number of halogens is 1. The summed E-state index contributed by atoms with van der Waals surface area (Å²) in [6.45, 7) is 6.78. The van der Waals surface area contributed by atoms with Crippen molar-refractivity contribution in [2.75, 3.05) is 13.1 Å². The second-order valence-electron chi connectivity index (χ2n) is 7.54. The van der Waals surface area contributed by atoms with Crippen LogP contribution < -0.4 is 10.6 Å². The van der Waals surface area contributed by atoms with Crippen LogP contribution in [0, 0.1) is 12.8 Å². The molecule has 0 saturated heterocycles. The summed E-state index contributed by atoms with van der Waals surface area (Å²) in [6.07, 6.45) is 11.8. The van der Waals surface area contributed by atoms with E-state index in [9.17, 15) is 0 Å². The number of unbranched alkanes of at least 4 members (excludes halogenated alkanes) is 1. The molecule has 1 aromatic heterocycles. The maximum atomic E-state index is 4.78. The Morgan fingerprint density at radius 3 is 2.81 bits per heavy atom. The summed E-state index contributed by atoms with van der Waals surface area (Å²) in [6, 6.07) is 0.380. The van der Waals surface area contributed by atoms with E-state index in [4.69, 9.17) is 4.99 Å². The van der Waals surface area contributed by atoms with Gasteiger partial charge in [0.2, 0.25) is 0 Å². The van der Waals surface area contributed by atoms with Crippen molar-refractivity contribution < 1.29 is 0 Å². The zero-order chi connectivity index (χ0) is 17.5. The zero-order valence-corrected chi connectivity index (χ0v) is 18.7. The van der Waals surface area contributed by atoms with E-state index in [1.807, 2.05) is 11.6 Å². The Bertz CT molecular complexity index is 564. The molecule has 2 aliphatic rings. The van der Waals surface area contributed by atoms with Crippen molar-refractivity contribution in [2.24, 2.45) is 10.9 Å². The van der Waals surface area contributed by atoms with Crippen molar-refractivity contribution in [3.8, 4) is 0 Å². The van der Waals surface area contributed by atoms with Crippen molar-refractivity contribution >= 4 is 29.9 Å². The Balaban J connectivity index is 0.00000243. The molecule has 2 N–H and O–H groups in total. The summed E-state index contributed by atoms with van der Waals surface area (Å²) >= 11 is 0. The van der Waals surface area contributed by atoms with Crippen molar-refractivity contribution in [1.82, 2.24) is 25.4 Å². The Morgan fingerprint density at radius 1 is 1.23 bits per heavy atom. The van der Waals surface area contributed by atoms with Crippen molar-refractivity contribution in [1.29, 1.82) is 0 Å². The molecule has 0 bridgehead atoms. The highest BCUT2D eigenvalue weighted by atomic mass is 127. The molecule has 1 unspecified atom stereocenters. The molecule has 1 fully saturated rings. The molecule has 2 heterocycles. The van der Waals surface area contributed by atoms with Crippen LogP contribution in [0.15, 0.2) is 4.99 Å². The standard InChI is InChI=1S/C19H34N6.HI/c1-3-20-19(21-13-7-6-10-16-8-4-5-9-16)23-17-11-12-18-22-15(2)24-25(18)14-17;/h16-17H,3-14H2,1-2H3,(H2,20,21,23);1H. The number of hydrogen-bond acceptors (Lipinski definition) is 3. The van der Waals surface area contributed by atoms with Crippen LogP contribution >= 0.6 is 24.0 Å². The number of guanidine groups is 1. The first-order valence-electron chi connectivity index (χ1n) is 10.2. The Hall–Kier alpha value is -0.860. The van der Waals surface area contributed by atoms with Gasteiger partial charge >= 0.3 is 0 Å². The number of aryl methyl sites for hydroxylation is 2. The van der Waals surface area contributed by atoms with Gasteiger partial charge in [-0.25, -0.2) is 9.67 Å². The van der Waals surface area contributed by atoms with Crippen LogP contribution in [0.4, 0.5) is 0 Å². The predicted molar refractivity (Wildman–Crippen MR) is 117 cm³/mol. The molecule has 1 aliphatic carbocycles. The third kappa shape index (κ3) is 6.39. The minimum atomic E-state index is 0. The molecule has 0 spiro atoms. The lowest BCUT2D eigenvalue weighted by Crippen LogP contribution is -2.47. The van der Waals surface area contributed by atoms with Gasteiger partial charge in [0.25, 0.3) is 0 Å². The Labute approximate surface area is 175 Å². The van der Waals surface area contributed by atoms with Crippen molar-refractivity contribution in [3.05, 3.63) is 11.6 Å². The largest absolute Gasteiger partial charge is 0.357 e. The van der Waals surface area contributed by atoms with Gasteiger partial charge in [-0.3, -0.25) is 4.99 Å². The molecule has 0 aromatic carbocycles. The number of fused-ring (bicyclic) bond motifs is 1. The number of aliphatic imine (C=N–C) groups is 1. The lowest BCUT2D eigenvalue weighted by Gasteiger charge is -2.25. The highest BCUT2D eigenvalue weighted by Gasteiger charge is 2.21. The van der Waals surface area contributed by atoms with Crippen molar-refractivity contribution in [2.45, 2.75) is 84.2 Å². The first kappa shape index (κ1) is 21.4. The molecule has 3 rings (SSSR count). The Kier molecular flexibility index (Phi) is 9.15. The highest BCUT2D eigenvalue weighted by molar-refractivity contribution is 14.0. The second-order valence-corrected chi connectivity index (χ2v) is 7.54. The highest BCUT2D eigenvalue weighted by Crippen LogP contribution is 2.28. The lowest BCUT2D eigenvalue weighted by atomic mass is 10.0. The average molecular weight is 474 g/mol. The van der Waals surface area contributed by atoms with Gasteiger partial charge in [0.1, 0.15) is 11.6 Å². The van der Waals surface area contributed by atoms with Crippen LogP contribution in [0.2, 0.25) is 0 Å². The van der Waals surface area contributed by atoms with Crippen LogP contribution in [0.1, 0.15) is 69.9 Å². The van der Waals surface area contributed by atoms with Crippen LogP contribution in [0.3, 0.4) is 0 Å². The fourth-order valence-corrected chi connectivity index (χ4v) is 4.10. The number of nitrogens with one attached hydrogen (secondary N) is 2. The van der Waals surface area contributed by atoms with Gasteiger partial charge in [-0.15, -0.1) is 24.0 Å². The molecule has 1 saturated carbocycles. The molecule has 148 valence electrons. The minimum absolute atomic E-state index is 0. The molecule has 0 radical (unpaired) electrons. The van der Waals surface area contributed by atoms with E-state index in [1.54, 1.807) is 0 Å². The second kappa shape index (κ2) is 11.1. The normalized spacial score (nSPS) is 20.5. The van der Waals surface area contributed by atoms with Gasteiger partial charge in [-0.05, 0) is 32.6 Å². The Morgan fingerprint density at radius 2 is 2.04 bits per heavy atom. The summed E-state index contributed by atoms with van der Waals surface area (Å²) in [7, 11) is 0. The molecule has 1 atom stereocenters. The van der Waals surface area contributed by atoms with E-state index in [2.05, 4.69) is 27.6 Å². The third-order valence-electron chi connectivity index (χ3n) is 5.41. The third-order valence-corrected chi connectivity index (χ3v) is 5.41. The molecule has 6 nitrogen and oxygen atoms in total. The first-order valence-corrected chi connectivity index (χ1v) is 10.2. The molecular weight excluding hydrogens is 439 g/mol. The summed E-state index contributed by atoms with van der Waals surface area (Å²) in [5.41, 5.74) is 0. The van der Waals surface area contributed by atoms with Crippen LogP contribution in [-0.2, 0) is 13.0 Å². The van der Waals surface area contributed by atoms with E-state index < -0.39 is 0 Å². The number of nitrogens with zero attached hydrogens (tertiary/aromatic N) is 4. The molecule has 1 aromatic rings. The van der Waals surface area contributed by atoms with E-state index in [0.29, 0.717) is 6.04 Å². The van der Waals surface area contributed by atoms with Gasteiger partial charge in [0.15, 0.2) is 5.96 Å². The molecule has 7 heteroatoms. The van der Waals surface area contributed by atoms with E-state index in [0.717, 1.165) is 56.0 Å². The van der Waals surface area contributed by atoms with Gasteiger partial charge < -0.3 is 10.6 Å². The van der Waals surface area contributed by atoms with E-state index in [-0.39, 0.29) is 24.0 Å². The first-order chi connectivity index (χ1) is 12.2. The zero-order valence-electron chi connectivity index (χ0n) is 16.3. The molecule has 26 heavy (non-hydrogen) atoms. The fraction of sp³-hybridized carbons (Fsp3) is 0.842. The van der Waals surface area contributed by atoms with Crippen LogP contribution in [0.5, 0.6) is 0 Å². The molecule has 1 aliphatic heterocycles.